The number of hydrogen-bond donors (Lipinski definition) is 0. The molecule has 0 bridgehead atoms. The summed E-state index contributed by atoms with van der Waals surface area (Å²) in [5, 5.41) is 9.32. The summed E-state index contributed by atoms with van der Waals surface area (Å²) < 4.78 is 0. The number of nitriles is 1. The van der Waals surface area contributed by atoms with Crippen LogP contribution in [0, 0.1) is 25.2 Å². The molecule has 0 atom stereocenters. The van der Waals surface area contributed by atoms with Gasteiger partial charge >= 0.3 is 0 Å². The summed E-state index contributed by atoms with van der Waals surface area (Å²) in [5.41, 5.74) is 2.69. The van der Waals surface area contributed by atoms with Gasteiger partial charge in [-0.05, 0) is 59.5 Å². The topological polar surface area (TPSA) is 43.2 Å². The highest BCUT2D eigenvalue weighted by molar-refractivity contribution is 5.58. The van der Waals surface area contributed by atoms with Gasteiger partial charge in [-0.3, -0.25) is 0 Å². The van der Waals surface area contributed by atoms with Crippen LogP contribution in [-0.2, 0) is 0 Å². The van der Waals surface area contributed by atoms with E-state index < -0.39 is 0 Å². The van der Waals surface area contributed by atoms with Crippen LogP contribution in [0.15, 0.2) is 6.07 Å². The van der Waals surface area contributed by atoms with Crippen molar-refractivity contribution in [3.63, 3.8) is 0 Å². The first kappa shape index (κ1) is 15.5. The van der Waals surface area contributed by atoms with Crippen molar-refractivity contribution < 1.29 is 0 Å². The Balaban J connectivity index is 2.95. The molecule has 0 aliphatic carbocycles. The third-order valence-electron chi connectivity index (χ3n) is 3.15. The Labute approximate surface area is 116 Å². The van der Waals surface area contributed by atoms with Gasteiger partial charge in [0.05, 0.1) is 5.56 Å². The van der Waals surface area contributed by atoms with Crippen LogP contribution >= 0.6 is 0 Å². The van der Waals surface area contributed by atoms with Crippen molar-refractivity contribution in [1.82, 2.24) is 9.88 Å². The molecule has 0 spiro atoms. The molecular formula is C15H24N4. The fourth-order valence-corrected chi connectivity index (χ4v) is 2.18. The number of rotatable bonds is 6. The molecule has 1 rings (SSSR count). The normalized spacial score (nSPS) is 10.6. The Kier molecular flexibility index (Phi) is 5.78. The maximum absolute atomic E-state index is 9.32. The quantitative estimate of drug-likeness (QED) is 0.787. The number of pyridine rings is 1. The smallest absolute Gasteiger partial charge is 0.147 e. The van der Waals surface area contributed by atoms with Gasteiger partial charge in [-0.2, -0.15) is 5.26 Å². The summed E-state index contributed by atoms with van der Waals surface area (Å²) >= 11 is 0. The minimum Gasteiger partial charge on any atom is -0.356 e. The monoisotopic (exact) mass is 260 g/mol. The van der Waals surface area contributed by atoms with Gasteiger partial charge in [0.25, 0.3) is 0 Å². The molecule has 0 unspecified atom stereocenters. The van der Waals surface area contributed by atoms with E-state index in [1.807, 2.05) is 19.9 Å². The van der Waals surface area contributed by atoms with Crippen molar-refractivity contribution >= 4 is 5.82 Å². The highest BCUT2D eigenvalue weighted by atomic mass is 15.2. The number of nitrogens with zero attached hydrogens (tertiary/aromatic N) is 4. The molecule has 4 nitrogen and oxygen atoms in total. The minimum absolute atomic E-state index is 0.706. The van der Waals surface area contributed by atoms with Gasteiger partial charge in [-0.15, -0.1) is 0 Å². The van der Waals surface area contributed by atoms with Gasteiger partial charge < -0.3 is 9.80 Å². The predicted molar refractivity (Wildman–Crippen MR) is 79.5 cm³/mol. The highest BCUT2D eigenvalue weighted by Gasteiger charge is 2.14. The van der Waals surface area contributed by atoms with Crippen molar-refractivity contribution in [3.05, 3.63) is 22.9 Å². The van der Waals surface area contributed by atoms with Crippen molar-refractivity contribution in [2.24, 2.45) is 0 Å². The number of aryl methyl sites for hydroxylation is 2. The Bertz CT molecular complexity index is 460. The lowest BCUT2D eigenvalue weighted by molar-refractivity contribution is 0.400. The molecule has 0 radical (unpaired) electrons. The van der Waals surface area contributed by atoms with E-state index in [0.29, 0.717) is 5.56 Å². The first-order chi connectivity index (χ1) is 8.99. The van der Waals surface area contributed by atoms with Crippen LogP contribution in [0.5, 0.6) is 0 Å². The van der Waals surface area contributed by atoms with E-state index in [-0.39, 0.29) is 0 Å². The van der Waals surface area contributed by atoms with Crippen LogP contribution in [0.4, 0.5) is 5.82 Å². The summed E-state index contributed by atoms with van der Waals surface area (Å²) in [6.45, 7) is 8.91. The summed E-state index contributed by atoms with van der Waals surface area (Å²) in [7, 11) is 4.15. The first-order valence-electron chi connectivity index (χ1n) is 6.77. The number of hydrogen-bond acceptors (Lipinski definition) is 4. The molecule has 0 amide bonds. The molecular weight excluding hydrogens is 236 g/mol. The van der Waals surface area contributed by atoms with E-state index in [1.165, 1.54) is 0 Å². The zero-order valence-corrected chi connectivity index (χ0v) is 12.7. The lowest BCUT2D eigenvalue weighted by atomic mass is 10.1. The second kappa shape index (κ2) is 7.10. The molecule has 0 aliphatic rings. The van der Waals surface area contributed by atoms with Crippen molar-refractivity contribution in [2.45, 2.75) is 27.2 Å². The second-order valence-electron chi connectivity index (χ2n) is 5.13. The van der Waals surface area contributed by atoms with Gasteiger partial charge in [-0.25, -0.2) is 4.98 Å². The van der Waals surface area contributed by atoms with Crippen LogP contribution in [0.25, 0.3) is 0 Å². The Morgan fingerprint density at radius 1 is 1.26 bits per heavy atom. The molecule has 4 heteroatoms. The molecule has 0 aliphatic heterocycles. The fraction of sp³-hybridized carbons (Fsp3) is 0.600. The van der Waals surface area contributed by atoms with Gasteiger partial charge in [0, 0.05) is 18.8 Å². The molecule has 19 heavy (non-hydrogen) atoms. The SMILES string of the molecule is CCN(CCCN(C)C)c1nc(C)cc(C)c1C#N. The molecule has 1 aromatic rings. The standard InChI is InChI=1S/C15H24N4/c1-6-19(9-7-8-18(4)5)15-14(11-16)12(2)10-13(3)17-15/h10H,6-9H2,1-5H3. The minimum atomic E-state index is 0.706. The van der Waals surface area contributed by atoms with Gasteiger partial charge in [-0.1, -0.05) is 0 Å². The lowest BCUT2D eigenvalue weighted by Crippen LogP contribution is -2.28. The summed E-state index contributed by atoms with van der Waals surface area (Å²) in [4.78, 5) is 8.93. The first-order valence-corrected chi connectivity index (χ1v) is 6.77. The van der Waals surface area contributed by atoms with Crippen LogP contribution in [0.1, 0.15) is 30.2 Å². The number of aromatic nitrogens is 1. The van der Waals surface area contributed by atoms with Crippen molar-refractivity contribution in [1.29, 1.82) is 5.26 Å². The highest BCUT2D eigenvalue weighted by Crippen LogP contribution is 2.21. The molecule has 1 aromatic heterocycles. The van der Waals surface area contributed by atoms with E-state index >= 15 is 0 Å². The van der Waals surface area contributed by atoms with E-state index in [1.54, 1.807) is 0 Å². The maximum atomic E-state index is 9.32. The second-order valence-corrected chi connectivity index (χ2v) is 5.13. The van der Waals surface area contributed by atoms with Gasteiger partial charge in [0.2, 0.25) is 0 Å². The lowest BCUT2D eigenvalue weighted by Gasteiger charge is -2.24. The Hall–Kier alpha value is -1.60. The third kappa shape index (κ3) is 4.22. The average Bonchev–Trinajstić information content (AvgIpc) is 2.33. The number of anilines is 1. The van der Waals surface area contributed by atoms with E-state index in [0.717, 1.165) is 43.1 Å². The predicted octanol–water partition coefficient (Wildman–Crippen LogP) is 2.35. The van der Waals surface area contributed by atoms with E-state index in [4.69, 9.17) is 0 Å². The van der Waals surface area contributed by atoms with Gasteiger partial charge in [0.15, 0.2) is 0 Å². The zero-order chi connectivity index (χ0) is 14.4. The summed E-state index contributed by atoms with van der Waals surface area (Å²) in [6, 6.07) is 4.26. The molecule has 0 fully saturated rings. The molecule has 0 N–H and O–H groups in total. The molecule has 104 valence electrons. The van der Waals surface area contributed by atoms with Crippen LogP contribution in [0.2, 0.25) is 0 Å². The Morgan fingerprint density at radius 3 is 2.47 bits per heavy atom. The third-order valence-corrected chi connectivity index (χ3v) is 3.15. The van der Waals surface area contributed by atoms with Crippen LogP contribution in [-0.4, -0.2) is 43.6 Å². The maximum Gasteiger partial charge on any atom is 0.147 e. The van der Waals surface area contributed by atoms with E-state index in [2.05, 4.69) is 41.9 Å². The summed E-state index contributed by atoms with van der Waals surface area (Å²) in [6.07, 6.45) is 1.07. The summed E-state index contributed by atoms with van der Waals surface area (Å²) in [5.74, 6) is 0.834. The Morgan fingerprint density at radius 2 is 1.95 bits per heavy atom. The zero-order valence-electron chi connectivity index (χ0n) is 12.7. The molecule has 0 aromatic carbocycles. The largest absolute Gasteiger partial charge is 0.356 e. The molecule has 0 saturated heterocycles. The van der Waals surface area contributed by atoms with Gasteiger partial charge in [0.1, 0.15) is 11.9 Å². The fourth-order valence-electron chi connectivity index (χ4n) is 2.18. The van der Waals surface area contributed by atoms with Crippen LogP contribution in [0.3, 0.4) is 0 Å². The molecule has 0 saturated carbocycles. The van der Waals surface area contributed by atoms with E-state index in [9.17, 15) is 5.26 Å². The van der Waals surface area contributed by atoms with Crippen LogP contribution < -0.4 is 4.90 Å². The van der Waals surface area contributed by atoms with Crippen molar-refractivity contribution in [2.75, 3.05) is 38.6 Å². The molecule has 1 heterocycles. The average molecular weight is 260 g/mol. The van der Waals surface area contributed by atoms with Crippen molar-refractivity contribution in [3.8, 4) is 6.07 Å².